The van der Waals surface area contributed by atoms with Crippen LogP contribution in [0.3, 0.4) is 0 Å². The van der Waals surface area contributed by atoms with Crippen LogP contribution in [0.15, 0.2) is 11.6 Å². The molecule has 0 spiro atoms. The second-order valence-electron chi connectivity index (χ2n) is 2.85. The lowest BCUT2D eigenvalue weighted by atomic mass is 10.2. The maximum atomic E-state index is 5.76. The molecular formula is C8H10BrNOS. The highest BCUT2D eigenvalue weighted by atomic mass is 79.9. The summed E-state index contributed by atoms with van der Waals surface area (Å²) in [6, 6.07) is 0. The van der Waals surface area contributed by atoms with E-state index in [4.69, 9.17) is 4.74 Å². The summed E-state index contributed by atoms with van der Waals surface area (Å²) in [6.07, 6.45) is 4.75. The number of hydrogen-bond donors (Lipinski definition) is 0. The molecule has 1 fully saturated rings. The van der Waals surface area contributed by atoms with Crippen LogP contribution >= 0.6 is 27.3 Å². The van der Waals surface area contributed by atoms with Crippen molar-refractivity contribution in [3.05, 3.63) is 16.6 Å². The summed E-state index contributed by atoms with van der Waals surface area (Å²) in [7, 11) is 0. The zero-order chi connectivity index (χ0) is 8.39. The highest BCUT2D eigenvalue weighted by Gasteiger charge is 2.26. The van der Waals surface area contributed by atoms with Crippen molar-refractivity contribution in [2.75, 3.05) is 5.33 Å². The molecule has 2 rings (SSSR count). The highest BCUT2D eigenvalue weighted by molar-refractivity contribution is 9.09. The quantitative estimate of drug-likeness (QED) is 0.751. The monoisotopic (exact) mass is 247 g/mol. The normalized spacial score (nSPS) is 29.4. The number of thiazole rings is 1. The summed E-state index contributed by atoms with van der Waals surface area (Å²) >= 11 is 5.11. The Morgan fingerprint density at radius 2 is 2.58 bits per heavy atom. The van der Waals surface area contributed by atoms with Gasteiger partial charge in [-0.25, -0.2) is 4.98 Å². The molecule has 0 N–H and O–H groups in total. The van der Waals surface area contributed by atoms with E-state index in [2.05, 4.69) is 20.9 Å². The van der Waals surface area contributed by atoms with Crippen molar-refractivity contribution in [3.8, 4) is 0 Å². The average Bonchev–Trinajstić information content (AvgIpc) is 2.75. The van der Waals surface area contributed by atoms with E-state index in [9.17, 15) is 0 Å². The third-order valence-electron chi connectivity index (χ3n) is 2.01. The van der Waals surface area contributed by atoms with E-state index in [1.165, 1.54) is 0 Å². The molecule has 1 aromatic heterocycles. The summed E-state index contributed by atoms with van der Waals surface area (Å²) in [5.41, 5.74) is 0. The predicted octanol–water partition coefficient (Wildman–Crippen LogP) is 2.76. The molecule has 1 aromatic rings. The van der Waals surface area contributed by atoms with E-state index in [-0.39, 0.29) is 6.10 Å². The molecule has 0 aromatic carbocycles. The molecule has 2 nitrogen and oxygen atoms in total. The number of nitrogens with zero attached hydrogens (tertiary/aromatic N) is 1. The summed E-state index contributed by atoms with van der Waals surface area (Å²) in [4.78, 5) is 4.25. The van der Waals surface area contributed by atoms with E-state index in [0.29, 0.717) is 6.10 Å². The minimum absolute atomic E-state index is 0.257. The Morgan fingerprint density at radius 3 is 3.17 bits per heavy atom. The van der Waals surface area contributed by atoms with Crippen LogP contribution in [0.4, 0.5) is 0 Å². The number of ether oxygens (including phenoxy) is 1. The van der Waals surface area contributed by atoms with E-state index in [0.717, 1.165) is 23.2 Å². The second kappa shape index (κ2) is 3.85. The summed E-state index contributed by atoms with van der Waals surface area (Å²) < 4.78 is 5.76. The van der Waals surface area contributed by atoms with Crippen LogP contribution in [0.1, 0.15) is 24.0 Å². The fourth-order valence-corrected chi connectivity index (χ4v) is 2.58. The van der Waals surface area contributed by atoms with E-state index in [1.54, 1.807) is 11.3 Å². The van der Waals surface area contributed by atoms with Crippen molar-refractivity contribution < 1.29 is 4.74 Å². The maximum Gasteiger partial charge on any atom is 0.121 e. The molecule has 0 aliphatic carbocycles. The van der Waals surface area contributed by atoms with Gasteiger partial charge in [0.05, 0.1) is 6.10 Å². The van der Waals surface area contributed by atoms with Crippen LogP contribution in [-0.2, 0) is 4.74 Å². The summed E-state index contributed by atoms with van der Waals surface area (Å²) in [5, 5.41) is 4.06. The van der Waals surface area contributed by atoms with Crippen molar-refractivity contribution in [1.82, 2.24) is 4.98 Å². The minimum atomic E-state index is 0.257. The van der Waals surface area contributed by atoms with Gasteiger partial charge in [0.2, 0.25) is 0 Å². The summed E-state index contributed by atoms with van der Waals surface area (Å²) in [6.45, 7) is 0. The van der Waals surface area contributed by atoms with Crippen molar-refractivity contribution in [3.63, 3.8) is 0 Å². The van der Waals surface area contributed by atoms with Gasteiger partial charge in [-0.05, 0) is 12.8 Å². The Kier molecular flexibility index (Phi) is 2.78. The van der Waals surface area contributed by atoms with Gasteiger partial charge in [-0.2, -0.15) is 0 Å². The first-order valence-corrected chi connectivity index (χ1v) is 6.01. The molecule has 2 atom stereocenters. The van der Waals surface area contributed by atoms with Gasteiger partial charge in [-0.15, -0.1) is 11.3 Å². The molecule has 2 unspecified atom stereocenters. The first-order chi connectivity index (χ1) is 5.90. The Bertz CT molecular complexity index is 239. The molecule has 12 heavy (non-hydrogen) atoms. The Hall–Kier alpha value is 0.0700. The lowest BCUT2D eigenvalue weighted by Crippen LogP contribution is -2.07. The van der Waals surface area contributed by atoms with Crippen LogP contribution in [0.2, 0.25) is 0 Å². The standard InChI is InChI=1S/C8H10BrNOS/c9-5-6-1-2-7(11-6)8-10-3-4-12-8/h3-4,6-7H,1-2,5H2. The van der Waals surface area contributed by atoms with Gasteiger partial charge >= 0.3 is 0 Å². The lowest BCUT2D eigenvalue weighted by molar-refractivity contribution is 0.0587. The minimum Gasteiger partial charge on any atom is -0.367 e. The zero-order valence-electron chi connectivity index (χ0n) is 6.57. The predicted molar refractivity (Wildman–Crippen MR) is 52.8 cm³/mol. The first kappa shape index (κ1) is 8.66. The molecule has 4 heteroatoms. The van der Waals surface area contributed by atoms with Crippen molar-refractivity contribution in [1.29, 1.82) is 0 Å². The van der Waals surface area contributed by atoms with Gasteiger partial charge in [0, 0.05) is 16.9 Å². The smallest absolute Gasteiger partial charge is 0.121 e. The Morgan fingerprint density at radius 1 is 1.67 bits per heavy atom. The fourth-order valence-electron chi connectivity index (χ4n) is 1.39. The molecule has 0 bridgehead atoms. The lowest BCUT2D eigenvalue weighted by Gasteiger charge is -2.08. The highest BCUT2D eigenvalue weighted by Crippen LogP contribution is 2.33. The first-order valence-electron chi connectivity index (χ1n) is 4.01. The van der Waals surface area contributed by atoms with E-state index < -0.39 is 0 Å². The molecule has 0 radical (unpaired) electrons. The third kappa shape index (κ3) is 1.70. The number of hydrogen-bond acceptors (Lipinski definition) is 3. The zero-order valence-corrected chi connectivity index (χ0v) is 8.97. The van der Waals surface area contributed by atoms with Crippen LogP contribution < -0.4 is 0 Å². The maximum absolute atomic E-state index is 5.76. The van der Waals surface area contributed by atoms with Gasteiger partial charge < -0.3 is 4.74 Å². The number of aromatic nitrogens is 1. The van der Waals surface area contributed by atoms with Crippen molar-refractivity contribution >= 4 is 27.3 Å². The fraction of sp³-hybridized carbons (Fsp3) is 0.625. The van der Waals surface area contributed by atoms with Gasteiger partial charge in [-0.1, -0.05) is 15.9 Å². The van der Waals surface area contributed by atoms with Crippen LogP contribution in [0, 0.1) is 0 Å². The molecule has 1 aliphatic rings. The molecule has 0 amide bonds. The topological polar surface area (TPSA) is 22.1 Å². The Labute approximate surface area is 84.1 Å². The number of rotatable bonds is 2. The van der Waals surface area contributed by atoms with Crippen LogP contribution in [0.5, 0.6) is 0 Å². The van der Waals surface area contributed by atoms with Crippen LogP contribution in [0.25, 0.3) is 0 Å². The molecule has 66 valence electrons. The van der Waals surface area contributed by atoms with Gasteiger partial charge in [0.15, 0.2) is 0 Å². The average molecular weight is 248 g/mol. The van der Waals surface area contributed by atoms with Gasteiger partial charge in [-0.3, -0.25) is 0 Å². The van der Waals surface area contributed by atoms with Gasteiger partial charge in [0.1, 0.15) is 11.1 Å². The number of alkyl halides is 1. The van der Waals surface area contributed by atoms with Crippen molar-refractivity contribution in [2.45, 2.75) is 25.0 Å². The molecule has 2 heterocycles. The van der Waals surface area contributed by atoms with E-state index >= 15 is 0 Å². The SMILES string of the molecule is BrCC1CCC(c2nccs2)O1. The van der Waals surface area contributed by atoms with Crippen LogP contribution in [-0.4, -0.2) is 16.4 Å². The molecule has 1 saturated heterocycles. The largest absolute Gasteiger partial charge is 0.367 e. The van der Waals surface area contributed by atoms with Gasteiger partial charge in [0.25, 0.3) is 0 Å². The molecular weight excluding hydrogens is 238 g/mol. The third-order valence-corrected chi connectivity index (χ3v) is 3.60. The molecule has 1 aliphatic heterocycles. The second-order valence-corrected chi connectivity index (χ2v) is 4.42. The summed E-state index contributed by atoms with van der Waals surface area (Å²) in [5.74, 6) is 0. The molecule has 0 saturated carbocycles. The van der Waals surface area contributed by atoms with E-state index in [1.807, 2.05) is 11.6 Å². The Balaban J connectivity index is 2.00. The van der Waals surface area contributed by atoms with Crippen molar-refractivity contribution in [2.24, 2.45) is 0 Å². The number of halogens is 1.